The van der Waals surface area contributed by atoms with Crippen LogP contribution in [0.2, 0.25) is 0 Å². The molecule has 0 aliphatic rings. The lowest BCUT2D eigenvalue weighted by Crippen LogP contribution is -2.17. The lowest BCUT2D eigenvalue weighted by molar-refractivity contribution is -0.523. The van der Waals surface area contributed by atoms with Crippen molar-refractivity contribution < 1.29 is 4.92 Å². The van der Waals surface area contributed by atoms with Gasteiger partial charge >= 0.3 is 0 Å². The summed E-state index contributed by atoms with van der Waals surface area (Å²) in [4.78, 5) is 13.8. The van der Waals surface area contributed by atoms with Crippen LogP contribution in [0.15, 0.2) is 36.0 Å². The van der Waals surface area contributed by atoms with Gasteiger partial charge in [-0.15, -0.1) is 0 Å². The molecule has 1 rings (SSSR count). The summed E-state index contributed by atoms with van der Waals surface area (Å²) >= 11 is 0. The standard InChI is InChI=1S/C16H17N3O2/c1-3-14(19(20)21)10-7-11-15(16(12-17)18-2)13-8-5-4-6-9-13/h4-6,8-9,14H,3,7,10-11H2,1H3/b16-15+. The molecule has 0 N–H and O–H groups in total. The van der Waals surface area contributed by atoms with E-state index in [1.807, 2.05) is 36.4 Å². The minimum absolute atomic E-state index is 0.0651. The Bertz CT molecular complexity index is 578. The number of nitriles is 1. The van der Waals surface area contributed by atoms with E-state index in [9.17, 15) is 10.1 Å². The Morgan fingerprint density at radius 2 is 2.14 bits per heavy atom. The quantitative estimate of drug-likeness (QED) is 0.328. The minimum atomic E-state index is -0.555. The maximum Gasteiger partial charge on any atom is 0.265 e. The predicted molar refractivity (Wildman–Crippen MR) is 80.5 cm³/mol. The van der Waals surface area contributed by atoms with Crippen LogP contribution in [0.5, 0.6) is 0 Å². The van der Waals surface area contributed by atoms with Crippen LogP contribution >= 0.6 is 0 Å². The lowest BCUT2D eigenvalue weighted by Gasteiger charge is -2.10. The number of nitrogens with zero attached hydrogens (tertiary/aromatic N) is 3. The first-order chi connectivity index (χ1) is 10.1. The highest BCUT2D eigenvalue weighted by atomic mass is 16.6. The van der Waals surface area contributed by atoms with Crippen LogP contribution in [0.3, 0.4) is 0 Å². The first-order valence-electron chi connectivity index (χ1n) is 6.83. The molecule has 0 radical (unpaired) electrons. The van der Waals surface area contributed by atoms with Crippen molar-refractivity contribution in [2.75, 3.05) is 0 Å². The van der Waals surface area contributed by atoms with Gasteiger partial charge in [-0.25, -0.2) is 10.1 Å². The SMILES string of the molecule is [C-]#[N+]/C(C#N)=C(\CCCC(CC)[N+](=O)[O-])c1ccccc1. The average Bonchev–Trinajstić information content (AvgIpc) is 2.51. The molecule has 0 bridgehead atoms. The van der Waals surface area contributed by atoms with Crippen LogP contribution in [-0.4, -0.2) is 11.0 Å². The van der Waals surface area contributed by atoms with E-state index in [2.05, 4.69) is 4.85 Å². The molecule has 1 aromatic rings. The molecule has 0 fully saturated rings. The van der Waals surface area contributed by atoms with Gasteiger partial charge in [-0.1, -0.05) is 37.3 Å². The van der Waals surface area contributed by atoms with Crippen LogP contribution in [0.25, 0.3) is 10.4 Å². The Kier molecular flexibility index (Phi) is 6.63. The van der Waals surface area contributed by atoms with Crippen molar-refractivity contribution in [2.24, 2.45) is 0 Å². The van der Waals surface area contributed by atoms with Crippen LogP contribution in [0, 0.1) is 28.0 Å². The van der Waals surface area contributed by atoms with E-state index in [1.54, 1.807) is 6.92 Å². The van der Waals surface area contributed by atoms with Crippen LogP contribution in [0.1, 0.15) is 38.2 Å². The molecule has 0 saturated carbocycles. The van der Waals surface area contributed by atoms with Crippen LogP contribution in [0.4, 0.5) is 0 Å². The molecule has 1 atom stereocenters. The molecule has 1 aromatic carbocycles. The predicted octanol–water partition coefficient (Wildman–Crippen LogP) is 4.07. The molecule has 108 valence electrons. The monoisotopic (exact) mass is 283 g/mol. The summed E-state index contributed by atoms with van der Waals surface area (Å²) < 4.78 is 0. The maximum absolute atomic E-state index is 10.8. The lowest BCUT2D eigenvalue weighted by atomic mass is 9.96. The van der Waals surface area contributed by atoms with E-state index in [0.29, 0.717) is 31.3 Å². The third-order valence-corrected chi connectivity index (χ3v) is 3.36. The molecular formula is C16H17N3O2. The zero-order valence-corrected chi connectivity index (χ0v) is 12.0. The Morgan fingerprint density at radius 1 is 1.48 bits per heavy atom. The van der Waals surface area contributed by atoms with Gasteiger partial charge in [0.2, 0.25) is 6.04 Å². The zero-order chi connectivity index (χ0) is 15.7. The highest BCUT2D eigenvalue weighted by Crippen LogP contribution is 2.26. The molecule has 0 amide bonds. The molecule has 0 aromatic heterocycles. The third-order valence-electron chi connectivity index (χ3n) is 3.36. The fraction of sp³-hybridized carbons (Fsp3) is 0.375. The topological polar surface area (TPSA) is 71.3 Å². The van der Waals surface area contributed by atoms with E-state index in [4.69, 9.17) is 11.8 Å². The summed E-state index contributed by atoms with van der Waals surface area (Å²) in [5, 5.41) is 19.9. The van der Waals surface area contributed by atoms with Crippen LogP contribution in [-0.2, 0) is 0 Å². The maximum atomic E-state index is 10.8. The number of rotatable bonds is 7. The second-order valence-electron chi connectivity index (χ2n) is 4.66. The Hall–Kier alpha value is -2.66. The van der Waals surface area contributed by atoms with Gasteiger partial charge < -0.3 is 0 Å². The summed E-state index contributed by atoms with van der Waals surface area (Å²) in [7, 11) is 0. The molecule has 0 spiro atoms. The van der Waals surface area contributed by atoms with Crippen molar-refractivity contribution in [3.63, 3.8) is 0 Å². The molecule has 5 nitrogen and oxygen atoms in total. The van der Waals surface area contributed by atoms with E-state index in [1.165, 1.54) is 0 Å². The molecule has 21 heavy (non-hydrogen) atoms. The van der Waals surface area contributed by atoms with E-state index < -0.39 is 6.04 Å². The highest BCUT2D eigenvalue weighted by molar-refractivity contribution is 5.73. The summed E-state index contributed by atoms with van der Waals surface area (Å²) in [6.07, 6.45) is 2.03. The number of hydrogen-bond donors (Lipinski definition) is 0. The summed E-state index contributed by atoms with van der Waals surface area (Å²) in [6, 6.07) is 10.6. The Labute approximate surface area is 124 Å². The summed E-state index contributed by atoms with van der Waals surface area (Å²) in [5.41, 5.74) is 1.57. The first kappa shape index (κ1) is 16.4. The van der Waals surface area contributed by atoms with Gasteiger partial charge in [0.15, 0.2) is 0 Å². The zero-order valence-electron chi connectivity index (χ0n) is 12.0. The van der Waals surface area contributed by atoms with Gasteiger partial charge in [0.1, 0.15) is 0 Å². The fourth-order valence-electron chi connectivity index (χ4n) is 2.17. The molecular weight excluding hydrogens is 266 g/mol. The van der Waals surface area contributed by atoms with Gasteiger partial charge in [-0.2, -0.15) is 0 Å². The molecule has 0 saturated heterocycles. The molecule has 1 unspecified atom stereocenters. The molecule has 0 aliphatic heterocycles. The second kappa shape index (κ2) is 8.50. The summed E-state index contributed by atoms with van der Waals surface area (Å²) in [5.74, 6) is 0. The van der Waals surface area contributed by atoms with Gasteiger partial charge in [-0.3, -0.25) is 10.1 Å². The number of hydrogen-bond acceptors (Lipinski definition) is 3. The van der Waals surface area contributed by atoms with E-state index in [-0.39, 0.29) is 10.6 Å². The van der Waals surface area contributed by atoms with Crippen molar-refractivity contribution in [3.8, 4) is 6.07 Å². The van der Waals surface area contributed by atoms with Gasteiger partial charge in [0.25, 0.3) is 5.70 Å². The van der Waals surface area contributed by atoms with Crippen molar-refractivity contribution in [1.29, 1.82) is 5.26 Å². The molecule has 0 heterocycles. The first-order valence-corrected chi connectivity index (χ1v) is 6.83. The third kappa shape index (κ3) is 4.74. The van der Waals surface area contributed by atoms with Crippen molar-refractivity contribution in [1.82, 2.24) is 0 Å². The smallest absolute Gasteiger partial charge is 0.264 e. The second-order valence-corrected chi connectivity index (χ2v) is 4.66. The van der Waals surface area contributed by atoms with Crippen molar-refractivity contribution >= 4 is 5.57 Å². The Balaban J connectivity index is 2.88. The normalized spacial score (nSPS) is 12.7. The Morgan fingerprint density at radius 3 is 2.62 bits per heavy atom. The number of nitro groups is 1. The van der Waals surface area contributed by atoms with Gasteiger partial charge in [0.05, 0.1) is 12.6 Å². The van der Waals surface area contributed by atoms with Crippen LogP contribution < -0.4 is 0 Å². The molecule has 5 heteroatoms. The average molecular weight is 283 g/mol. The van der Waals surface area contributed by atoms with Gasteiger partial charge in [-0.05, 0) is 24.0 Å². The molecule has 0 aliphatic carbocycles. The highest BCUT2D eigenvalue weighted by Gasteiger charge is 2.17. The number of allylic oxidation sites excluding steroid dienone is 2. The minimum Gasteiger partial charge on any atom is -0.264 e. The fourth-order valence-corrected chi connectivity index (χ4v) is 2.17. The van der Waals surface area contributed by atoms with Crippen molar-refractivity contribution in [3.05, 3.63) is 63.1 Å². The number of benzene rings is 1. The van der Waals surface area contributed by atoms with E-state index >= 15 is 0 Å². The summed E-state index contributed by atoms with van der Waals surface area (Å²) in [6.45, 7) is 8.89. The largest absolute Gasteiger partial charge is 0.265 e. The van der Waals surface area contributed by atoms with Crippen molar-refractivity contribution in [2.45, 2.75) is 38.6 Å². The van der Waals surface area contributed by atoms with Gasteiger partial charge in [0, 0.05) is 17.8 Å². The van der Waals surface area contributed by atoms with E-state index in [0.717, 1.165) is 5.56 Å².